The Bertz CT molecular complexity index is 551. The summed E-state index contributed by atoms with van der Waals surface area (Å²) in [7, 11) is 0. The van der Waals surface area contributed by atoms with Crippen LogP contribution in [0.2, 0.25) is 0 Å². The molecule has 0 spiro atoms. The van der Waals surface area contributed by atoms with Crippen LogP contribution in [0.5, 0.6) is 0 Å². The van der Waals surface area contributed by atoms with Gasteiger partial charge in [-0.1, -0.05) is 29.4 Å². The third-order valence-electron chi connectivity index (χ3n) is 1.96. The third kappa shape index (κ3) is 3.38. The molecule has 0 aliphatic rings. The van der Waals surface area contributed by atoms with Crippen LogP contribution < -0.4 is 0 Å². The molecule has 1 rings (SSSR count). The van der Waals surface area contributed by atoms with Crippen LogP contribution in [0.1, 0.15) is 12.0 Å². The van der Waals surface area contributed by atoms with Crippen molar-refractivity contribution in [3.63, 3.8) is 0 Å². The van der Waals surface area contributed by atoms with E-state index in [0.29, 0.717) is 11.3 Å². The summed E-state index contributed by atoms with van der Waals surface area (Å²) in [5.74, 6) is -1.16. The highest BCUT2D eigenvalue weighted by atomic mass is 16.4. The van der Waals surface area contributed by atoms with E-state index >= 15 is 0 Å². The Balaban J connectivity index is 3.24. The first kappa shape index (κ1) is 12.3. The van der Waals surface area contributed by atoms with Crippen LogP contribution >= 0.6 is 0 Å². The molecule has 0 saturated carbocycles. The topological polar surface area (TPSA) is 110 Å². The molecule has 0 aromatic heterocycles. The molecule has 1 N–H and O–H groups in total. The molecule has 6 nitrogen and oxygen atoms in total. The van der Waals surface area contributed by atoms with Gasteiger partial charge in [0.25, 0.3) is 0 Å². The van der Waals surface area contributed by atoms with Crippen molar-refractivity contribution < 1.29 is 9.90 Å². The molecule has 17 heavy (non-hydrogen) atoms. The number of nitrogens with zero attached hydrogens (tertiary/aromatic N) is 4. The average Bonchev–Trinajstić information content (AvgIpc) is 2.31. The van der Waals surface area contributed by atoms with Crippen LogP contribution in [0.3, 0.4) is 0 Å². The quantitative estimate of drug-likeness (QED) is 0.370. The van der Waals surface area contributed by atoms with Crippen molar-refractivity contribution >= 4 is 17.7 Å². The van der Waals surface area contributed by atoms with Crippen molar-refractivity contribution in [2.45, 2.75) is 6.42 Å². The van der Waals surface area contributed by atoms with Gasteiger partial charge in [-0.2, -0.15) is 5.26 Å². The standard InChI is InChI=1S/C11H8N4O2/c12-6-5-9(11(16)17)7-8-3-1-2-4-10(8)14-15-13/h1-4,7H,5H2,(H,16,17)/b9-7+. The van der Waals surface area contributed by atoms with Crippen molar-refractivity contribution in [1.82, 2.24) is 0 Å². The predicted octanol–water partition coefficient (Wildman–Crippen LogP) is 3.01. The van der Waals surface area contributed by atoms with Gasteiger partial charge in [0.15, 0.2) is 0 Å². The van der Waals surface area contributed by atoms with Gasteiger partial charge in [-0.05, 0) is 17.2 Å². The van der Waals surface area contributed by atoms with Crippen LogP contribution in [0.25, 0.3) is 16.5 Å². The number of carboxylic acid groups (broad SMARTS) is 1. The number of azide groups is 1. The number of carboxylic acids is 1. The second-order valence-corrected chi connectivity index (χ2v) is 3.06. The number of nitriles is 1. The maximum Gasteiger partial charge on any atom is 0.332 e. The number of rotatable bonds is 4. The molecule has 6 heteroatoms. The van der Waals surface area contributed by atoms with E-state index in [1.54, 1.807) is 30.3 Å². The number of aliphatic carboxylic acids is 1. The smallest absolute Gasteiger partial charge is 0.332 e. The second kappa shape index (κ2) is 5.95. The number of hydrogen-bond acceptors (Lipinski definition) is 3. The Hall–Kier alpha value is -2.77. The zero-order chi connectivity index (χ0) is 12.7. The lowest BCUT2D eigenvalue weighted by Crippen LogP contribution is -1.99. The lowest BCUT2D eigenvalue weighted by molar-refractivity contribution is -0.132. The minimum atomic E-state index is -1.16. The lowest BCUT2D eigenvalue weighted by atomic mass is 10.1. The molecule has 0 amide bonds. The van der Waals surface area contributed by atoms with E-state index in [1.807, 2.05) is 0 Å². The molecule has 0 unspecified atom stereocenters. The Morgan fingerprint density at radius 3 is 2.88 bits per heavy atom. The minimum Gasteiger partial charge on any atom is -0.478 e. The van der Waals surface area contributed by atoms with Gasteiger partial charge < -0.3 is 5.11 Å². The molecule has 0 heterocycles. The van der Waals surface area contributed by atoms with Crippen LogP contribution in [-0.4, -0.2) is 11.1 Å². The summed E-state index contributed by atoms with van der Waals surface area (Å²) in [6.45, 7) is 0. The Morgan fingerprint density at radius 1 is 1.59 bits per heavy atom. The Kier molecular flexibility index (Phi) is 4.31. The number of hydrogen-bond donors (Lipinski definition) is 1. The predicted molar refractivity (Wildman–Crippen MR) is 61.1 cm³/mol. The van der Waals surface area contributed by atoms with Gasteiger partial charge in [-0.25, -0.2) is 4.79 Å². The molecule has 84 valence electrons. The summed E-state index contributed by atoms with van der Waals surface area (Å²) in [5, 5.41) is 20.8. The molecule has 0 fully saturated rings. The molecule has 0 saturated heterocycles. The first-order chi connectivity index (χ1) is 8.19. The van der Waals surface area contributed by atoms with Crippen LogP contribution in [0.15, 0.2) is 35.0 Å². The summed E-state index contributed by atoms with van der Waals surface area (Å²) >= 11 is 0. The minimum absolute atomic E-state index is 0.0481. The lowest BCUT2D eigenvalue weighted by Gasteiger charge is -2.00. The van der Waals surface area contributed by atoms with Crippen molar-refractivity contribution in [2.75, 3.05) is 0 Å². The molecule has 1 aromatic rings. The maximum absolute atomic E-state index is 10.8. The third-order valence-corrected chi connectivity index (χ3v) is 1.96. The molecule has 0 aliphatic carbocycles. The van der Waals surface area contributed by atoms with E-state index in [1.165, 1.54) is 6.08 Å². The summed E-state index contributed by atoms with van der Waals surface area (Å²) in [5.41, 5.74) is 9.11. The van der Waals surface area contributed by atoms with Gasteiger partial charge in [0.2, 0.25) is 0 Å². The van der Waals surface area contributed by atoms with E-state index in [9.17, 15) is 4.79 Å². The van der Waals surface area contributed by atoms with Gasteiger partial charge in [0.1, 0.15) is 0 Å². The maximum atomic E-state index is 10.8. The fourth-order valence-corrected chi connectivity index (χ4v) is 1.21. The van der Waals surface area contributed by atoms with Crippen LogP contribution in [0, 0.1) is 11.3 Å². The molecule has 0 aliphatic heterocycles. The first-order valence-corrected chi connectivity index (χ1v) is 4.64. The Labute approximate surface area is 97.0 Å². The van der Waals surface area contributed by atoms with Gasteiger partial charge in [-0.3, -0.25) is 0 Å². The average molecular weight is 228 g/mol. The zero-order valence-corrected chi connectivity index (χ0v) is 8.74. The van der Waals surface area contributed by atoms with E-state index in [-0.39, 0.29) is 12.0 Å². The zero-order valence-electron chi connectivity index (χ0n) is 8.74. The van der Waals surface area contributed by atoms with Crippen molar-refractivity contribution in [3.8, 4) is 6.07 Å². The summed E-state index contributed by atoms with van der Waals surface area (Å²) < 4.78 is 0. The fraction of sp³-hybridized carbons (Fsp3) is 0.0909. The van der Waals surface area contributed by atoms with Crippen molar-refractivity contribution in [3.05, 3.63) is 45.8 Å². The fourth-order valence-electron chi connectivity index (χ4n) is 1.21. The van der Waals surface area contributed by atoms with Crippen LogP contribution in [-0.2, 0) is 4.79 Å². The Morgan fingerprint density at radius 2 is 2.29 bits per heavy atom. The highest BCUT2D eigenvalue weighted by Gasteiger charge is 2.07. The molecule has 0 radical (unpaired) electrons. The van der Waals surface area contributed by atoms with Gasteiger partial charge in [0, 0.05) is 10.6 Å². The van der Waals surface area contributed by atoms with Crippen LogP contribution in [0.4, 0.5) is 5.69 Å². The van der Waals surface area contributed by atoms with Gasteiger partial charge in [-0.15, -0.1) is 0 Å². The number of carbonyl (C=O) groups is 1. The second-order valence-electron chi connectivity index (χ2n) is 3.06. The normalized spacial score (nSPS) is 10.2. The highest BCUT2D eigenvalue weighted by Crippen LogP contribution is 2.22. The summed E-state index contributed by atoms with van der Waals surface area (Å²) in [6, 6.07) is 8.31. The van der Waals surface area contributed by atoms with Crippen molar-refractivity contribution in [1.29, 1.82) is 5.26 Å². The highest BCUT2D eigenvalue weighted by molar-refractivity contribution is 5.93. The monoisotopic (exact) mass is 228 g/mol. The largest absolute Gasteiger partial charge is 0.478 e. The molecular formula is C11H8N4O2. The van der Waals surface area contributed by atoms with Crippen molar-refractivity contribution in [2.24, 2.45) is 5.11 Å². The molecular weight excluding hydrogens is 220 g/mol. The summed E-state index contributed by atoms with van der Waals surface area (Å²) in [4.78, 5) is 13.5. The SMILES string of the molecule is N#CC/C(=C\c1ccccc1N=[N+]=[N-])C(=O)O. The van der Waals surface area contributed by atoms with E-state index in [2.05, 4.69) is 10.0 Å². The van der Waals surface area contributed by atoms with E-state index in [4.69, 9.17) is 15.9 Å². The van der Waals surface area contributed by atoms with E-state index in [0.717, 1.165) is 0 Å². The summed E-state index contributed by atoms with van der Waals surface area (Å²) in [6.07, 6.45) is 1.12. The molecule has 0 bridgehead atoms. The first-order valence-electron chi connectivity index (χ1n) is 4.64. The van der Waals surface area contributed by atoms with Gasteiger partial charge in [0.05, 0.1) is 18.1 Å². The van der Waals surface area contributed by atoms with Gasteiger partial charge >= 0.3 is 5.97 Å². The number of benzene rings is 1. The molecule has 1 aromatic carbocycles. The van der Waals surface area contributed by atoms with E-state index < -0.39 is 5.97 Å². The molecule has 0 atom stereocenters.